The zero-order valence-corrected chi connectivity index (χ0v) is 13.5. The minimum atomic E-state index is -4.70. The Morgan fingerprint density at radius 2 is 2.00 bits per heavy atom. The van der Waals surface area contributed by atoms with Gasteiger partial charge in [0.05, 0.1) is 0 Å². The lowest BCUT2D eigenvalue weighted by molar-refractivity contribution is -0.145. The summed E-state index contributed by atoms with van der Waals surface area (Å²) in [5, 5.41) is 2.60. The lowest BCUT2D eigenvalue weighted by Gasteiger charge is -2.22. The highest BCUT2D eigenvalue weighted by atomic mass is 19.4. The molecule has 0 spiro atoms. The van der Waals surface area contributed by atoms with Crippen LogP contribution in [0.3, 0.4) is 0 Å². The maximum Gasteiger partial charge on any atom is 0.451 e. The molecule has 0 unspecified atom stereocenters. The highest BCUT2D eigenvalue weighted by molar-refractivity contribution is 6.03. The standard InChI is InChI=1S/C17H17F3N4O/c1-9-6-14(24-16(22-9)17(18,19)20)15(25)23-13-5-3-10-7-12(21)4-2-11(10)8-13/h3,5-6,8,12H,2,4,7,21H2,1H3,(H,23,25)/t12-/m0/s1. The summed E-state index contributed by atoms with van der Waals surface area (Å²) in [4.78, 5) is 18.9. The van der Waals surface area contributed by atoms with Crippen LogP contribution in [-0.4, -0.2) is 21.9 Å². The second-order valence-corrected chi connectivity index (χ2v) is 6.16. The summed E-state index contributed by atoms with van der Waals surface area (Å²) < 4.78 is 38.4. The number of halogens is 3. The summed E-state index contributed by atoms with van der Waals surface area (Å²) in [7, 11) is 0. The molecule has 25 heavy (non-hydrogen) atoms. The van der Waals surface area contributed by atoms with Gasteiger partial charge in [0, 0.05) is 17.4 Å². The fourth-order valence-corrected chi connectivity index (χ4v) is 2.87. The third kappa shape index (κ3) is 3.96. The fourth-order valence-electron chi connectivity index (χ4n) is 2.87. The molecule has 3 N–H and O–H groups in total. The van der Waals surface area contributed by atoms with E-state index in [1.165, 1.54) is 13.0 Å². The van der Waals surface area contributed by atoms with Gasteiger partial charge in [0.25, 0.3) is 5.91 Å². The van der Waals surface area contributed by atoms with Crippen molar-refractivity contribution >= 4 is 11.6 Å². The highest BCUT2D eigenvalue weighted by Gasteiger charge is 2.35. The van der Waals surface area contributed by atoms with Crippen LogP contribution >= 0.6 is 0 Å². The van der Waals surface area contributed by atoms with Crippen LogP contribution in [0.15, 0.2) is 24.3 Å². The van der Waals surface area contributed by atoms with Crippen LogP contribution in [-0.2, 0) is 19.0 Å². The molecule has 1 heterocycles. The monoisotopic (exact) mass is 350 g/mol. The summed E-state index contributed by atoms with van der Waals surface area (Å²) in [5.41, 5.74) is 8.43. The Kier molecular flexibility index (Phi) is 4.47. The van der Waals surface area contributed by atoms with Crippen LogP contribution in [0.4, 0.5) is 18.9 Å². The molecule has 1 aromatic carbocycles. The van der Waals surface area contributed by atoms with E-state index in [0.717, 1.165) is 30.4 Å². The molecular weight excluding hydrogens is 333 g/mol. The van der Waals surface area contributed by atoms with Crippen molar-refractivity contribution in [3.05, 3.63) is 52.6 Å². The number of aromatic nitrogens is 2. The third-order valence-corrected chi connectivity index (χ3v) is 4.07. The van der Waals surface area contributed by atoms with E-state index in [4.69, 9.17) is 5.73 Å². The normalized spacial score (nSPS) is 17.1. The Hall–Kier alpha value is -2.48. The van der Waals surface area contributed by atoms with Crippen LogP contribution in [0.5, 0.6) is 0 Å². The minimum absolute atomic E-state index is 0.0758. The average molecular weight is 350 g/mol. The number of benzene rings is 1. The number of nitrogens with one attached hydrogen (secondary N) is 1. The number of hydrogen-bond acceptors (Lipinski definition) is 4. The van der Waals surface area contributed by atoms with Crippen LogP contribution in [0.1, 0.15) is 39.6 Å². The van der Waals surface area contributed by atoms with E-state index in [-0.39, 0.29) is 17.4 Å². The van der Waals surface area contributed by atoms with Crippen molar-refractivity contribution in [2.75, 3.05) is 5.32 Å². The average Bonchev–Trinajstić information content (AvgIpc) is 2.53. The molecule has 5 nitrogen and oxygen atoms in total. The van der Waals surface area contributed by atoms with Gasteiger partial charge in [-0.2, -0.15) is 13.2 Å². The number of rotatable bonds is 2. The van der Waals surface area contributed by atoms with Gasteiger partial charge >= 0.3 is 6.18 Å². The summed E-state index contributed by atoms with van der Waals surface area (Å²) in [6.45, 7) is 1.38. The van der Waals surface area contributed by atoms with Gasteiger partial charge < -0.3 is 11.1 Å². The molecule has 1 aliphatic carbocycles. The van der Waals surface area contributed by atoms with Crippen LogP contribution in [0.2, 0.25) is 0 Å². The van der Waals surface area contributed by atoms with E-state index < -0.39 is 17.9 Å². The smallest absolute Gasteiger partial charge is 0.327 e. The van der Waals surface area contributed by atoms with Crippen molar-refractivity contribution < 1.29 is 18.0 Å². The zero-order valence-electron chi connectivity index (χ0n) is 13.5. The Morgan fingerprint density at radius 3 is 2.72 bits per heavy atom. The summed E-state index contributed by atoms with van der Waals surface area (Å²) in [5.74, 6) is -2.03. The molecule has 2 aromatic rings. The van der Waals surface area contributed by atoms with Gasteiger partial charge in [0.1, 0.15) is 5.69 Å². The molecule has 1 aromatic heterocycles. The molecule has 1 atom stereocenters. The van der Waals surface area contributed by atoms with Crippen molar-refractivity contribution in [2.24, 2.45) is 5.73 Å². The van der Waals surface area contributed by atoms with E-state index in [1.807, 2.05) is 12.1 Å². The second kappa shape index (κ2) is 6.44. The Labute approximate surface area is 142 Å². The number of aryl methyl sites for hydroxylation is 2. The van der Waals surface area contributed by atoms with Gasteiger partial charge in [-0.3, -0.25) is 4.79 Å². The number of anilines is 1. The lowest BCUT2D eigenvalue weighted by Crippen LogP contribution is -2.27. The molecule has 1 amide bonds. The number of nitrogens with two attached hydrogens (primary N) is 1. The number of alkyl halides is 3. The van der Waals surface area contributed by atoms with Gasteiger partial charge in [-0.25, -0.2) is 9.97 Å². The summed E-state index contributed by atoms with van der Waals surface area (Å²) in [6.07, 6.45) is -2.25. The maximum atomic E-state index is 12.8. The van der Waals surface area contributed by atoms with E-state index in [1.54, 1.807) is 6.07 Å². The van der Waals surface area contributed by atoms with Crippen molar-refractivity contribution in [2.45, 2.75) is 38.4 Å². The maximum absolute atomic E-state index is 12.8. The van der Waals surface area contributed by atoms with Crippen molar-refractivity contribution in [1.29, 1.82) is 0 Å². The minimum Gasteiger partial charge on any atom is -0.327 e. The predicted octanol–water partition coefficient (Wildman–Crippen LogP) is 2.87. The van der Waals surface area contributed by atoms with Crippen molar-refractivity contribution in [3.63, 3.8) is 0 Å². The van der Waals surface area contributed by atoms with E-state index >= 15 is 0 Å². The molecule has 0 saturated heterocycles. The predicted molar refractivity (Wildman–Crippen MR) is 86.2 cm³/mol. The molecule has 0 aliphatic heterocycles. The van der Waals surface area contributed by atoms with E-state index in [9.17, 15) is 18.0 Å². The number of hydrogen-bond donors (Lipinski definition) is 2. The van der Waals surface area contributed by atoms with Crippen LogP contribution in [0.25, 0.3) is 0 Å². The number of fused-ring (bicyclic) bond motifs is 1. The number of carbonyl (C=O) groups is 1. The molecule has 8 heteroatoms. The van der Waals surface area contributed by atoms with Crippen molar-refractivity contribution in [3.8, 4) is 0 Å². The second-order valence-electron chi connectivity index (χ2n) is 6.16. The fraction of sp³-hybridized carbons (Fsp3) is 0.353. The molecule has 3 rings (SSSR count). The van der Waals surface area contributed by atoms with Gasteiger partial charge in [-0.1, -0.05) is 6.07 Å². The van der Waals surface area contributed by atoms with E-state index in [2.05, 4.69) is 15.3 Å². The molecular formula is C17H17F3N4O. The largest absolute Gasteiger partial charge is 0.451 e. The number of carbonyl (C=O) groups excluding carboxylic acids is 1. The molecule has 132 valence electrons. The van der Waals surface area contributed by atoms with Gasteiger partial charge in [0.2, 0.25) is 5.82 Å². The topological polar surface area (TPSA) is 80.9 Å². The van der Waals surface area contributed by atoms with Crippen LogP contribution in [0, 0.1) is 6.92 Å². The summed E-state index contributed by atoms with van der Waals surface area (Å²) >= 11 is 0. The first kappa shape index (κ1) is 17.3. The number of nitrogens with zero attached hydrogens (tertiary/aromatic N) is 2. The number of amides is 1. The molecule has 0 fully saturated rings. The van der Waals surface area contributed by atoms with Gasteiger partial charge in [-0.05, 0) is 55.5 Å². The lowest BCUT2D eigenvalue weighted by atomic mass is 9.88. The van der Waals surface area contributed by atoms with Gasteiger partial charge in [0.15, 0.2) is 0 Å². The van der Waals surface area contributed by atoms with Crippen molar-refractivity contribution in [1.82, 2.24) is 9.97 Å². The van der Waals surface area contributed by atoms with Crippen LogP contribution < -0.4 is 11.1 Å². The first-order chi connectivity index (χ1) is 11.7. The van der Waals surface area contributed by atoms with E-state index in [0.29, 0.717) is 5.69 Å². The molecule has 0 saturated carbocycles. The highest BCUT2D eigenvalue weighted by Crippen LogP contribution is 2.27. The Bertz CT molecular complexity index is 820. The van der Waals surface area contributed by atoms with Gasteiger partial charge in [-0.15, -0.1) is 0 Å². The Balaban J connectivity index is 1.82. The molecule has 0 radical (unpaired) electrons. The molecule has 0 bridgehead atoms. The Morgan fingerprint density at radius 1 is 1.24 bits per heavy atom. The summed E-state index contributed by atoms with van der Waals surface area (Å²) in [6, 6.07) is 6.79. The first-order valence-corrected chi connectivity index (χ1v) is 7.84. The SMILES string of the molecule is Cc1cc(C(=O)Nc2ccc3c(c2)CC[C@H](N)C3)nc(C(F)(F)F)n1. The quantitative estimate of drug-likeness (QED) is 0.873. The zero-order chi connectivity index (χ0) is 18.2. The first-order valence-electron chi connectivity index (χ1n) is 7.84. The molecule has 1 aliphatic rings. The third-order valence-electron chi connectivity index (χ3n) is 4.07.